The molecule has 0 radical (unpaired) electrons. The van der Waals surface area contributed by atoms with Gasteiger partial charge in [-0.2, -0.15) is 0 Å². The minimum Gasteiger partial charge on any atom is -0.314 e. The van der Waals surface area contributed by atoms with Crippen molar-refractivity contribution >= 4 is 5.78 Å². The van der Waals surface area contributed by atoms with Crippen molar-refractivity contribution in [2.24, 2.45) is 0 Å². The lowest BCUT2D eigenvalue weighted by Crippen LogP contribution is -2.46. The first-order valence-electron chi connectivity index (χ1n) is 5.07. The Morgan fingerprint density at radius 3 is 2.54 bits per heavy atom. The van der Waals surface area contributed by atoms with Crippen LogP contribution in [0.4, 0.5) is 0 Å². The van der Waals surface area contributed by atoms with Gasteiger partial charge in [-0.1, -0.05) is 25.8 Å². The summed E-state index contributed by atoms with van der Waals surface area (Å²) in [5.74, 6) is 0.163. The molecule has 13 heavy (non-hydrogen) atoms. The molecule has 0 atom stereocenters. The summed E-state index contributed by atoms with van der Waals surface area (Å²) in [5.41, 5.74) is 0.0729. The van der Waals surface area contributed by atoms with Crippen molar-refractivity contribution in [1.29, 1.82) is 0 Å². The highest BCUT2D eigenvalue weighted by atomic mass is 16.1. The van der Waals surface area contributed by atoms with Crippen LogP contribution in [-0.2, 0) is 4.79 Å². The van der Waals surface area contributed by atoms with Crippen LogP contribution in [0.3, 0.4) is 0 Å². The van der Waals surface area contributed by atoms with Gasteiger partial charge in [-0.05, 0) is 26.0 Å². The molecular formula is C11H19NO. The number of hydrogen-bond acceptors (Lipinski definition) is 2. The summed E-state index contributed by atoms with van der Waals surface area (Å²) in [7, 11) is 1.96. The Bertz CT molecular complexity index is 192. The standard InChI is InChI=1S/C11H19NO/c1-3-10(13)9-11(12-2)7-5-4-6-8-11/h3,12H,1,4-9H2,2H3. The average Bonchev–Trinajstić information content (AvgIpc) is 2.19. The molecule has 0 aliphatic heterocycles. The molecule has 0 unspecified atom stereocenters. The molecule has 1 fully saturated rings. The van der Waals surface area contributed by atoms with Crippen LogP contribution < -0.4 is 5.32 Å². The molecule has 0 aromatic carbocycles. The van der Waals surface area contributed by atoms with Crippen molar-refractivity contribution in [3.05, 3.63) is 12.7 Å². The zero-order valence-electron chi connectivity index (χ0n) is 8.44. The summed E-state index contributed by atoms with van der Waals surface area (Å²) >= 11 is 0. The Labute approximate surface area is 80.4 Å². The van der Waals surface area contributed by atoms with Gasteiger partial charge < -0.3 is 5.32 Å². The van der Waals surface area contributed by atoms with Gasteiger partial charge in [0.25, 0.3) is 0 Å². The summed E-state index contributed by atoms with van der Waals surface area (Å²) in [5, 5.41) is 3.31. The largest absolute Gasteiger partial charge is 0.314 e. The Hall–Kier alpha value is -0.630. The van der Waals surface area contributed by atoms with E-state index in [0.29, 0.717) is 6.42 Å². The summed E-state index contributed by atoms with van der Waals surface area (Å²) in [4.78, 5) is 11.3. The Balaban J connectivity index is 2.56. The van der Waals surface area contributed by atoms with Crippen LogP contribution >= 0.6 is 0 Å². The third kappa shape index (κ3) is 2.66. The van der Waals surface area contributed by atoms with Crippen LogP contribution in [0.2, 0.25) is 0 Å². The molecule has 1 rings (SSSR count). The highest BCUT2D eigenvalue weighted by Gasteiger charge is 2.31. The topological polar surface area (TPSA) is 29.1 Å². The number of rotatable bonds is 4. The molecule has 74 valence electrons. The molecule has 0 spiro atoms. The minimum absolute atomic E-state index is 0.0729. The Morgan fingerprint density at radius 2 is 2.08 bits per heavy atom. The molecule has 0 saturated heterocycles. The fourth-order valence-electron chi connectivity index (χ4n) is 2.15. The second-order valence-corrected chi connectivity index (χ2v) is 3.94. The molecule has 1 saturated carbocycles. The lowest BCUT2D eigenvalue weighted by atomic mass is 9.78. The second-order valence-electron chi connectivity index (χ2n) is 3.94. The SMILES string of the molecule is C=CC(=O)CC1(NC)CCCCC1. The number of nitrogens with one attached hydrogen (secondary N) is 1. The zero-order valence-corrected chi connectivity index (χ0v) is 8.44. The van der Waals surface area contributed by atoms with Crippen LogP contribution in [0.5, 0.6) is 0 Å². The first-order chi connectivity index (χ1) is 6.22. The van der Waals surface area contributed by atoms with Gasteiger partial charge in [0.15, 0.2) is 5.78 Å². The third-order valence-electron chi connectivity index (χ3n) is 3.08. The molecule has 0 heterocycles. The minimum atomic E-state index is 0.0729. The molecule has 0 aromatic rings. The Kier molecular flexibility index (Phi) is 3.67. The monoisotopic (exact) mass is 181 g/mol. The van der Waals surface area contributed by atoms with Gasteiger partial charge >= 0.3 is 0 Å². The molecule has 2 nitrogen and oxygen atoms in total. The maximum atomic E-state index is 11.3. The maximum Gasteiger partial charge on any atom is 0.156 e. The number of hydrogen-bond donors (Lipinski definition) is 1. The van der Waals surface area contributed by atoms with E-state index in [9.17, 15) is 4.79 Å². The number of carbonyl (C=O) groups excluding carboxylic acids is 1. The van der Waals surface area contributed by atoms with Crippen molar-refractivity contribution in [2.45, 2.75) is 44.1 Å². The molecule has 0 bridgehead atoms. The van der Waals surface area contributed by atoms with Crippen LogP contribution in [0, 0.1) is 0 Å². The van der Waals surface area contributed by atoms with Gasteiger partial charge in [0.2, 0.25) is 0 Å². The summed E-state index contributed by atoms with van der Waals surface area (Å²) in [6, 6.07) is 0. The van der Waals surface area contributed by atoms with E-state index < -0.39 is 0 Å². The average molecular weight is 181 g/mol. The summed E-state index contributed by atoms with van der Waals surface area (Å²) < 4.78 is 0. The molecule has 2 heteroatoms. The molecule has 1 aliphatic rings. The quantitative estimate of drug-likeness (QED) is 0.672. The zero-order chi connectivity index (χ0) is 9.73. The van der Waals surface area contributed by atoms with Crippen LogP contribution in [0.1, 0.15) is 38.5 Å². The molecule has 0 aromatic heterocycles. The van der Waals surface area contributed by atoms with Crippen molar-refractivity contribution < 1.29 is 4.79 Å². The van der Waals surface area contributed by atoms with Crippen molar-refractivity contribution in [2.75, 3.05) is 7.05 Å². The van der Waals surface area contributed by atoms with Crippen molar-refractivity contribution in [3.63, 3.8) is 0 Å². The van der Waals surface area contributed by atoms with Crippen molar-refractivity contribution in [1.82, 2.24) is 5.32 Å². The van der Waals surface area contributed by atoms with E-state index in [1.807, 2.05) is 7.05 Å². The van der Waals surface area contributed by atoms with E-state index in [4.69, 9.17) is 0 Å². The lowest BCUT2D eigenvalue weighted by Gasteiger charge is -2.36. The molecular weight excluding hydrogens is 162 g/mol. The predicted octanol–water partition coefficient (Wildman–Crippen LogP) is 2.05. The van der Waals surface area contributed by atoms with Crippen LogP contribution in [-0.4, -0.2) is 18.4 Å². The van der Waals surface area contributed by atoms with Crippen LogP contribution in [0.25, 0.3) is 0 Å². The van der Waals surface area contributed by atoms with Gasteiger partial charge in [-0.3, -0.25) is 4.79 Å². The van der Waals surface area contributed by atoms with Crippen molar-refractivity contribution in [3.8, 4) is 0 Å². The highest BCUT2D eigenvalue weighted by Crippen LogP contribution is 2.30. The molecule has 1 aliphatic carbocycles. The fraction of sp³-hybridized carbons (Fsp3) is 0.727. The fourth-order valence-corrected chi connectivity index (χ4v) is 2.15. The number of ketones is 1. The smallest absolute Gasteiger partial charge is 0.156 e. The summed E-state index contributed by atoms with van der Waals surface area (Å²) in [6.45, 7) is 3.51. The summed E-state index contributed by atoms with van der Waals surface area (Å²) in [6.07, 6.45) is 8.11. The van der Waals surface area contributed by atoms with E-state index in [2.05, 4.69) is 11.9 Å². The number of allylic oxidation sites excluding steroid dienone is 1. The molecule has 0 amide bonds. The van der Waals surface area contributed by atoms with E-state index in [-0.39, 0.29) is 11.3 Å². The maximum absolute atomic E-state index is 11.3. The van der Waals surface area contributed by atoms with Gasteiger partial charge in [-0.25, -0.2) is 0 Å². The predicted molar refractivity (Wildman–Crippen MR) is 54.7 cm³/mol. The number of carbonyl (C=O) groups is 1. The van der Waals surface area contributed by atoms with E-state index in [1.165, 1.54) is 25.3 Å². The third-order valence-corrected chi connectivity index (χ3v) is 3.08. The van der Waals surface area contributed by atoms with Gasteiger partial charge in [0, 0.05) is 12.0 Å². The van der Waals surface area contributed by atoms with E-state index in [0.717, 1.165) is 12.8 Å². The first kappa shape index (κ1) is 10.5. The van der Waals surface area contributed by atoms with Gasteiger partial charge in [0.1, 0.15) is 0 Å². The van der Waals surface area contributed by atoms with Gasteiger partial charge in [-0.15, -0.1) is 0 Å². The Morgan fingerprint density at radius 1 is 1.46 bits per heavy atom. The first-order valence-corrected chi connectivity index (χ1v) is 5.07. The molecule has 1 N–H and O–H groups in total. The second kappa shape index (κ2) is 4.56. The van der Waals surface area contributed by atoms with Crippen LogP contribution in [0.15, 0.2) is 12.7 Å². The van der Waals surface area contributed by atoms with E-state index >= 15 is 0 Å². The van der Waals surface area contributed by atoms with E-state index in [1.54, 1.807) is 0 Å². The normalized spacial score (nSPS) is 21.0. The lowest BCUT2D eigenvalue weighted by molar-refractivity contribution is -0.116. The van der Waals surface area contributed by atoms with Gasteiger partial charge in [0.05, 0.1) is 0 Å². The highest BCUT2D eigenvalue weighted by molar-refractivity contribution is 5.89.